The Bertz CT molecular complexity index is 2480. The van der Waals surface area contributed by atoms with E-state index in [1.807, 2.05) is 0 Å². The Kier molecular flexibility index (Phi) is 6.13. The molecular weight excluding hydrogens is 651 g/mol. The van der Waals surface area contributed by atoms with Crippen LogP contribution in [-0.4, -0.2) is 0 Å². The van der Waals surface area contributed by atoms with Crippen molar-refractivity contribution in [3.05, 3.63) is 162 Å². The van der Waals surface area contributed by atoms with Gasteiger partial charge in [-0.15, -0.1) is 0 Å². The van der Waals surface area contributed by atoms with Crippen molar-refractivity contribution in [2.45, 2.75) is 68.6 Å². The van der Waals surface area contributed by atoms with Crippen LogP contribution in [0.25, 0.3) is 33.4 Å². The molecule has 0 heterocycles. The molecule has 1 nitrogen and oxygen atoms in total. The number of benzene rings is 6. The minimum Gasteiger partial charge on any atom is -0.310 e. The van der Waals surface area contributed by atoms with Gasteiger partial charge in [-0.1, -0.05) is 116 Å². The largest absolute Gasteiger partial charge is 0.310 e. The van der Waals surface area contributed by atoms with Gasteiger partial charge in [-0.3, -0.25) is 0 Å². The summed E-state index contributed by atoms with van der Waals surface area (Å²) in [4.78, 5) is 2.60. The quantitative estimate of drug-likeness (QED) is 0.177. The van der Waals surface area contributed by atoms with E-state index >= 15 is 0 Å². The molecule has 14 rings (SSSR count). The molecule has 6 bridgehead atoms. The highest BCUT2D eigenvalue weighted by molar-refractivity contribution is 5.93. The molecule has 6 aromatic carbocycles. The molecule has 0 amide bonds. The first-order valence-electron chi connectivity index (χ1n) is 21.1. The fourth-order valence-corrected chi connectivity index (χ4v) is 14.8. The second kappa shape index (κ2) is 10.9. The molecule has 0 aliphatic heterocycles. The highest BCUT2D eigenvalue weighted by atomic mass is 15.1. The smallest absolute Gasteiger partial charge is 0.0540 e. The predicted molar refractivity (Wildman–Crippen MR) is 221 cm³/mol. The molecule has 264 valence electrons. The van der Waals surface area contributed by atoms with Crippen molar-refractivity contribution in [2.24, 2.45) is 35.5 Å². The van der Waals surface area contributed by atoms with Crippen molar-refractivity contribution in [3.8, 4) is 33.4 Å². The summed E-state index contributed by atoms with van der Waals surface area (Å²) in [6.07, 6.45) is 12.6. The molecule has 1 heteroatoms. The average molecular weight is 698 g/mol. The molecule has 0 saturated heterocycles. The van der Waals surface area contributed by atoms with E-state index in [2.05, 4.69) is 144 Å². The summed E-state index contributed by atoms with van der Waals surface area (Å²) >= 11 is 0. The fraction of sp³-hybridized carbons (Fsp3) is 0.321. The SMILES string of the molecule is c1ccc(-c2ccccc2N(c2ccc3c(c2)-c2ccccc2C32CC3CCC2C3)c2ccc3c(c2)-c2ccccc2C32C3CC4CC(C3)CC2C4)cc1. The number of para-hydroxylation sites is 1. The van der Waals surface area contributed by atoms with Crippen molar-refractivity contribution in [3.63, 3.8) is 0 Å². The Balaban J connectivity index is 1.03. The van der Waals surface area contributed by atoms with Gasteiger partial charge >= 0.3 is 0 Å². The summed E-state index contributed by atoms with van der Waals surface area (Å²) in [5.41, 5.74) is 18.9. The van der Waals surface area contributed by atoms with E-state index in [1.54, 1.807) is 22.3 Å². The maximum atomic E-state index is 2.60. The number of hydrogen-bond donors (Lipinski definition) is 0. The monoisotopic (exact) mass is 697 g/mol. The van der Waals surface area contributed by atoms with Crippen LogP contribution >= 0.6 is 0 Å². The van der Waals surface area contributed by atoms with Gasteiger partial charge in [-0.25, -0.2) is 0 Å². The summed E-state index contributed by atoms with van der Waals surface area (Å²) in [5, 5.41) is 0. The van der Waals surface area contributed by atoms with E-state index in [0.717, 1.165) is 35.5 Å². The summed E-state index contributed by atoms with van der Waals surface area (Å²) in [6, 6.07) is 54.4. The summed E-state index contributed by atoms with van der Waals surface area (Å²) < 4.78 is 0. The standard InChI is InChI=1S/C53H47N/c1-2-10-36(11-3-1)42-12-6-9-17-51(42)54(40-20-22-48-45(30-40)43-13-4-7-15-47(43)52(48)32-33-18-19-37(52)25-33)41-21-23-50-46(31-41)44-14-5-8-16-49(44)53(50)38-26-34-24-35(28-38)29-39(53)27-34/h1-17,20-23,30-31,33-35,37-39H,18-19,24-29,32H2. The number of fused-ring (bicyclic) bond motifs is 11. The van der Waals surface area contributed by atoms with Crippen LogP contribution in [0.3, 0.4) is 0 Å². The third-order valence-electron chi connectivity index (χ3n) is 16.3. The van der Waals surface area contributed by atoms with E-state index in [1.165, 1.54) is 108 Å². The van der Waals surface area contributed by atoms with Crippen LogP contribution in [0, 0.1) is 35.5 Å². The van der Waals surface area contributed by atoms with Crippen LogP contribution in [0.1, 0.15) is 80.0 Å². The maximum absolute atomic E-state index is 2.60. The van der Waals surface area contributed by atoms with E-state index in [9.17, 15) is 0 Å². The lowest BCUT2D eigenvalue weighted by atomic mass is 9.43. The topological polar surface area (TPSA) is 3.24 Å². The Hall–Kier alpha value is -4.88. The molecule has 3 atom stereocenters. The highest BCUT2D eigenvalue weighted by Gasteiger charge is 2.62. The molecule has 6 aromatic rings. The third kappa shape index (κ3) is 3.81. The van der Waals surface area contributed by atoms with Gasteiger partial charge in [0.05, 0.1) is 5.69 Å². The Morgan fingerprint density at radius 2 is 0.944 bits per heavy atom. The van der Waals surface area contributed by atoms with Gasteiger partial charge in [0.25, 0.3) is 0 Å². The number of rotatable bonds is 4. The van der Waals surface area contributed by atoms with Crippen molar-refractivity contribution >= 4 is 17.1 Å². The maximum Gasteiger partial charge on any atom is 0.0540 e. The summed E-state index contributed by atoms with van der Waals surface area (Å²) in [5.74, 6) is 5.07. The van der Waals surface area contributed by atoms with Crippen LogP contribution in [0.15, 0.2) is 140 Å². The number of hydrogen-bond acceptors (Lipinski definition) is 1. The molecule has 0 aromatic heterocycles. The van der Waals surface area contributed by atoms with Crippen molar-refractivity contribution < 1.29 is 0 Å². The van der Waals surface area contributed by atoms with Crippen LogP contribution in [0.2, 0.25) is 0 Å². The fourth-order valence-electron chi connectivity index (χ4n) is 14.8. The van der Waals surface area contributed by atoms with Crippen molar-refractivity contribution in [1.82, 2.24) is 0 Å². The predicted octanol–water partition coefficient (Wildman–Crippen LogP) is 13.6. The van der Waals surface area contributed by atoms with Crippen LogP contribution in [0.4, 0.5) is 17.1 Å². The van der Waals surface area contributed by atoms with Gasteiger partial charge in [0.1, 0.15) is 0 Å². The van der Waals surface area contributed by atoms with E-state index in [-0.39, 0.29) is 10.8 Å². The third-order valence-corrected chi connectivity index (χ3v) is 16.3. The molecule has 6 fully saturated rings. The molecule has 3 unspecified atom stereocenters. The van der Waals surface area contributed by atoms with E-state index in [4.69, 9.17) is 0 Å². The molecule has 0 radical (unpaired) electrons. The van der Waals surface area contributed by atoms with Gasteiger partial charge in [0.15, 0.2) is 0 Å². The molecule has 0 N–H and O–H groups in total. The minimum atomic E-state index is 0.177. The summed E-state index contributed by atoms with van der Waals surface area (Å²) in [7, 11) is 0. The van der Waals surface area contributed by atoms with E-state index in [0.29, 0.717) is 0 Å². The molecule has 8 aliphatic rings. The first-order valence-corrected chi connectivity index (χ1v) is 21.1. The molecule has 8 aliphatic carbocycles. The lowest BCUT2D eigenvalue weighted by Crippen LogP contribution is -2.55. The van der Waals surface area contributed by atoms with Gasteiger partial charge < -0.3 is 4.90 Å². The van der Waals surface area contributed by atoms with Gasteiger partial charge in [-0.05, 0) is 167 Å². The Labute approximate surface area is 320 Å². The number of nitrogens with zero attached hydrogens (tertiary/aromatic N) is 1. The van der Waals surface area contributed by atoms with Crippen LogP contribution in [-0.2, 0) is 10.8 Å². The zero-order valence-electron chi connectivity index (χ0n) is 31.1. The molecule has 54 heavy (non-hydrogen) atoms. The average Bonchev–Trinajstić information content (AvgIpc) is 3.97. The minimum absolute atomic E-state index is 0.177. The van der Waals surface area contributed by atoms with E-state index < -0.39 is 0 Å². The van der Waals surface area contributed by atoms with Crippen LogP contribution < -0.4 is 4.90 Å². The van der Waals surface area contributed by atoms with Crippen molar-refractivity contribution in [1.29, 1.82) is 0 Å². The Morgan fingerprint density at radius 3 is 1.63 bits per heavy atom. The normalized spacial score (nSPS) is 31.2. The lowest BCUT2D eigenvalue weighted by molar-refractivity contribution is -0.0399. The summed E-state index contributed by atoms with van der Waals surface area (Å²) in [6.45, 7) is 0. The second-order valence-electron chi connectivity index (χ2n) is 18.5. The lowest BCUT2D eigenvalue weighted by Gasteiger charge is -2.61. The zero-order chi connectivity index (χ0) is 35.2. The van der Waals surface area contributed by atoms with Crippen LogP contribution in [0.5, 0.6) is 0 Å². The van der Waals surface area contributed by atoms with Gasteiger partial charge in [0, 0.05) is 27.8 Å². The second-order valence-corrected chi connectivity index (χ2v) is 18.5. The zero-order valence-corrected chi connectivity index (χ0v) is 31.1. The first-order chi connectivity index (χ1) is 26.7. The number of anilines is 3. The van der Waals surface area contributed by atoms with Gasteiger partial charge in [0.2, 0.25) is 0 Å². The molecule has 2 spiro atoms. The first kappa shape index (κ1) is 30.4. The molecule has 6 saturated carbocycles. The Morgan fingerprint density at radius 1 is 0.407 bits per heavy atom. The molecular formula is C53H47N. The van der Waals surface area contributed by atoms with Gasteiger partial charge in [-0.2, -0.15) is 0 Å². The highest BCUT2D eigenvalue weighted by Crippen LogP contribution is 2.70. The van der Waals surface area contributed by atoms with Crippen molar-refractivity contribution in [2.75, 3.05) is 4.90 Å².